The lowest BCUT2D eigenvalue weighted by atomic mass is 10.2. The summed E-state index contributed by atoms with van der Waals surface area (Å²) >= 11 is 9.12. The highest BCUT2D eigenvalue weighted by atomic mass is 79.9. The van der Waals surface area contributed by atoms with E-state index in [4.69, 9.17) is 16.3 Å². The van der Waals surface area contributed by atoms with E-state index in [1.54, 1.807) is 12.1 Å². The van der Waals surface area contributed by atoms with Crippen LogP contribution >= 0.6 is 27.5 Å². The Kier molecular flexibility index (Phi) is 9.30. The minimum atomic E-state index is -4.01. The highest BCUT2D eigenvalue weighted by Crippen LogP contribution is 2.25. The standard InChI is InChI=1S/C20H23BrClN3O5S/c1-3-25(4-2)16-8-6-15(7-9-16)24-19(26)13-30-20(27)12-23-31(28,29)18-10-5-14(21)11-17(18)22/h5-11,23H,3-4,12-13H2,1-2H3,(H,24,26). The number of amides is 1. The normalized spacial score (nSPS) is 11.1. The maximum atomic E-state index is 12.3. The van der Waals surface area contributed by atoms with E-state index in [2.05, 4.69) is 44.7 Å². The largest absolute Gasteiger partial charge is 0.455 e. The topological polar surface area (TPSA) is 105 Å². The van der Waals surface area contributed by atoms with Crippen LogP contribution in [-0.4, -0.2) is 46.5 Å². The minimum absolute atomic E-state index is 0.00151. The Hall–Kier alpha value is -2.14. The average Bonchev–Trinajstić information content (AvgIpc) is 2.72. The molecule has 0 atom stereocenters. The van der Waals surface area contributed by atoms with Gasteiger partial charge in [0.15, 0.2) is 6.61 Å². The molecular formula is C20H23BrClN3O5S. The van der Waals surface area contributed by atoms with Crippen LogP contribution in [0.3, 0.4) is 0 Å². The Morgan fingerprint density at radius 1 is 1.10 bits per heavy atom. The first kappa shape index (κ1) is 25.1. The van der Waals surface area contributed by atoms with Crippen molar-refractivity contribution in [2.75, 3.05) is 36.5 Å². The van der Waals surface area contributed by atoms with Crippen LogP contribution in [0.1, 0.15) is 13.8 Å². The fraction of sp³-hybridized carbons (Fsp3) is 0.300. The Morgan fingerprint density at radius 2 is 1.74 bits per heavy atom. The fourth-order valence-corrected chi connectivity index (χ4v) is 4.67. The average molecular weight is 533 g/mol. The molecule has 0 saturated heterocycles. The number of nitrogens with one attached hydrogen (secondary N) is 2. The highest BCUT2D eigenvalue weighted by molar-refractivity contribution is 9.10. The van der Waals surface area contributed by atoms with Crippen LogP contribution in [0.5, 0.6) is 0 Å². The molecule has 8 nitrogen and oxygen atoms in total. The van der Waals surface area contributed by atoms with Gasteiger partial charge in [0.1, 0.15) is 11.4 Å². The number of sulfonamides is 1. The molecule has 2 aromatic carbocycles. The van der Waals surface area contributed by atoms with Crippen molar-refractivity contribution in [2.45, 2.75) is 18.7 Å². The molecule has 2 aromatic rings. The number of nitrogens with zero attached hydrogens (tertiary/aromatic N) is 1. The maximum Gasteiger partial charge on any atom is 0.321 e. The van der Waals surface area contributed by atoms with Crippen LogP contribution in [0.4, 0.5) is 11.4 Å². The molecule has 0 aliphatic rings. The Morgan fingerprint density at radius 3 is 2.32 bits per heavy atom. The molecule has 0 radical (unpaired) electrons. The van der Waals surface area contributed by atoms with E-state index in [0.717, 1.165) is 18.8 Å². The van der Waals surface area contributed by atoms with E-state index in [-0.39, 0.29) is 9.92 Å². The van der Waals surface area contributed by atoms with Crippen molar-refractivity contribution in [1.29, 1.82) is 0 Å². The highest BCUT2D eigenvalue weighted by Gasteiger charge is 2.20. The molecule has 0 aliphatic carbocycles. The molecule has 0 aliphatic heterocycles. The van der Waals surface area contributed by atoms with E-state index in [1.165, 1.54) is 18.2 Å². The zero-order valence-electron chi connectivity index (χ0n) is 17.0. The SMILES string of the molecule is CCN(CC)c1ccc(NC(=O)COC(=O)CNS(=O)(=O)c2ccc(Br)cc2Cl)cc1. The predicted octanol–water partition coefficient (Wildman–Crippen LogP) is 3.41. The van der Waals surface area contributed by atoms with Crippen LogP contribution in [-0.2, 0) is 24.3 Å². The maximum absolute atomic E-state index is 12.3. The molecule has 168 valence electrons. The molecule has 0 fully saturated rings. The predicted molar refractivity (Wildman–Crippen MR) is 124 cm³/mol. The molecule has 2 rings (SSSR count). The van der Waals surface area contributed by atoms with Gasteiger partial charge in [-0.2, -0.15) is 4.72 Å². The minimum Gasteiger partial charge on any atom is -0.455 e. The first-order valence-corrected chi connectivity index (χ1v) is 12.1. The number of hydrogen-bond acceptors (Lipinski definition) is 6. The number of carbonyl (C=O) groups excluding carboxylic acids is 2. The molecule has 0 heterocycles. The van der Waals surface area contributed by atoms with Crippen LogP contribution in [0, 0.1) is 0 Å². The molecule has 11 heteroatoms. The number of carbonyl (C=O) groups is 2. The van der Waals surface area contributed by atoms with Crippen molar-refractivity contribution in [1.82, 2.24) is 4.72 Å². The van der Waals surface area contributed by atoms with Crippen molar-refractivity contribution in [3.8, 4) is 0 Å². The van der Waals surface area contributed by atoms with Gasteiger partial charge in [0.25, 0.3) is 5.91 Å². The third-order valence-electron chi connectivity index (χ3n) is 4.23. The number of esters is 1. The van der Waals surface area contributed by atoms with Gasteiger partial charge in [-0.3, -0.25) is 9.59 Å². The first-order valence-electron chi connectivity index (χ1n) is 9.41. The lowest BCUT2D eigenvalue weighted by Gasteiger charge is -2.21. The zero-order valence-corrected chi connectivity index (χ0v) is 20.2. The van der Waals surface area contributed by atoms with Crippen molar-refractivity contribution in [3.63, 3.8) is 0 Å². The van der Waals surface area contributed by atoms with Crippen LogP contribution in [0.25, 0.3) is 0 Å². The molecule has 0 saturated carbocycles. The quantitative estimate of drug-likeness (QED) is 0.455. The van der Waals surface area contributed by atoms with Crippen LogP contribution < -0.4 is 14.9 Å². The fourth-order valence-electron chi connectivity index (χ4n) is 2.66. The Balaban J connectivity index is 1.82. The first-order chi connectivity index (χ1) is 14.7. The van der Waals surface area contributed by atoms with E-state index in [1.807, 2.05) is 12.1 Å². The van der Waals surface area contributed by atoms with Crippen molar-refractivity contribution < 1.29 is 22.7 Å². The van der Waals surface area contributed by atoms with Gasteiger partial charge < -0.3 is 15.0 Å². The molecule has 0 spiro atoms. The Bertz CT molecular complexity index is 1030. The molecule has 0 bridgehead atoms. The van der Waals surface area contributed by atoms with Gasteiger partial charge >= 0.3 is 5.97 Å². The van der Waals surface area contributed by atoms with Crippen molar-refractivity contribution >= 4 is 60.8 Å². The summed E-state index contributed by atoms with van der Waals surface area (Å²) < 4.78 is 32.1. The summed E-state index contributed by atoms with van der Waals surface area (Å²) in [5.41, 5.74) is 1.59. The van der Waals surface area contributed by atoms with Gasteiger partial charge in [-0.15, -0.1) is 0 Å². The van der Waals surface area contributed by atoms with Crippen LogP contribution in [0.15, 0.2) is 51.8 Å². The van der Waals surface area contributed by atoms with Crippen molar-refractivity contribution in [2.24, 2.45) is 0 Å². The van der Waals surface area contributed by atoms with Crippen LogP contribution in [0.2, 0.25) is 5.02 Å². The third kappa shape index (κ3) is 7.49. The summed E-state index contributed by atoms with van der Waals surface area (Å²) in [4.78, 5) is 25.8. The van der Waals surface area contributed by atoms with E-state index in [0.29, 0.717) is 10.2 Å². The number of halogens is 2. The molecular weight excluding hydrogens is 510 g/mol. The summed E-state index contributed by atoms with van der Waals surface area (Å²) in [5, 5.41) is 2.62. The Labute approximate surface area is 195 Å². The van der Waals surface area contributed by atoms with Gasteiger partial charge in [0.05, 0.1) is 5.02 Å². The summed E-state index contributed by atoms with van der Waals surface area (Å²) in [7, 11) is -4.01. The number of benzene rings is 2. The molecule has 31 heavy (non-hydrogen) atoms. The summed E-state index contributed by atoms with van der Waals surface area (Å²) in [5.74, 6) is -1.44. The molecule has 0 aromatic heterocycles. The number of ether oxygens (including phenoxy) is 1. The molecule has 0 unspecified atom stereocenters. The molecule has 1 amide bonds. The lowest BCUT2D eigenvalue weighted by Crippen LogP contribution is -2.32. The monoisotopic (exact) mass is 531 g/mol. The smallest absolute Gasteiger partial charge is 0.321 e. The summed E-state index contributed by atoms with van der Waals surface area (Å²) in [6.07, 6.45) is 0. The second-order valence-corrected chi connectivity index (χ2v) is 9.39. The summed E-state index contributed by atoms with van der Waals surface area (Å²) in [6.45, 7) is 4.67. The third-order valence-corrected chi connectivity index (χ3v) is 6.61. The lowest BCUT2D eigenvalue weighted by molar-refractivity contribution is -0.146. The van der Waals surface area contributed by atoms with E-state index < -0.39 is 35.1 Å². The van der Waals surface area contributed by atoms with Gasteiger partial charge in [-0.1, -0.05) is 27.5 Å². The number of anilines is 2. The van der Waals surface area contributed by atoms with E-state index >= 15 is 0 Å². The second kappa shape index (κ2) is 11.5. The molecule has 2 N–H and O–H groups in total. The second-order valence-electron chi connectivity index (χ2n) is 6.33. The zero-order chi connectivity index (χ0) is 23.0. The summed E-state index contributed by atoms with van der Waals surface area (Å²) in [6, 6.07) is 11.5. The van der Waals surface area contributed by atoms with Gasteiger partial charge in [-0.25, -0.2) is 8.42 Å². The van der Waals surface area contributed by atoms with Gasteiger partial charge in [0, 0.05) is 28.9 Å². The van der Waals surface area contributed by atoms with Gasteiger partial charge in [0.2, 0.25) is 10.0 Å². The van der Waals surface area contributed by atoms with E-state index in [9.17, 15) is 18.0 Å². The van der Waals surface area contributed by atoms with Crippen molar-refractivity contribution in [3.05, 3.63) is 52.0 Å². The number of hydrogen-bond donors (Lipinski definition) is 2. The number of rotatable bonds is 10. The van der Waals surface area contributed by atoms with Gasteiger partial charge in [-0.05, 0) is 56.3 Å².